The molecule has 0 radical (unpaired) electrons. The fourth-order valence-corrected chi connectivity index (χ4v) is 2.98. The van der Waals surface area contributed by atoms with Gasteiger partial charge in [-0.3, -0.25) is 9.35 Å². The number of carboxylic acids is 1. The number of carbonyl (C=O) groups is 2. The van der Waals surface area contributed by atoms with Gasteiger partial charge >= 0.3 is 5.97 Å². The van der Waals surface area contributed by atoms with Crippen molar-refractivity contribution in [1.82, 2.24) is 0 Å². The molecule has 9 nitrogen and oxygen atoms in total. The van der Waals surface area contributed by atoms with Crippen molar-refractivity contribution in [2.24, 2.45) is 5.10 Å². The van der Waals surface area contributed by atoms with Crippen molar-refractivity contribution in [2.75, 3.05) is 12.1 Å². The highest BCUT2D eigenvalue weighted by molar-refractivity contribution is 7.85. The van der Waals surface area contributed by atoms with Crippen molar-refractivity contribution in [3.63, 3.8) is 0 Å². The summed E-state index contributed by atoms with van der Waals surface area (Å²) >= 11 is 0. The lowest BCUT2D eigenvalue weighted by Crippen LogP contribution is -2.22. The van der Waals surface area contributed by atoms with Gasteiger partial charge in [0.1, 0.15) is 5.75 Å². The van der Waals surface area contributed by atoms with Crippen molar-refractivity contribution in [1.29, 1.82) is 0 Å². The van der Waals surface area contributed by atoms with E-state index in [4.69, 9.17) is 9.29 Å². The van der Waals surface area contributed by atoms with Crippen LogP contribution in [0, 0.1) is 0 Å². The molecule has 0 saturated heterocycles. The number of hydrazone groups is 1. The molecular weight excluding hydrogens is 388 g/mol. The van der Waals surface area contributed by atoms with Crippen LogP contribution in [0.5, 0.6) is 5.75 Å². The van der Waals surface area contributed by atoms with Gasteiger partial charge in [-0.1, -0.05) is 12.1 Å². The molecule has 0 saturated carbocycles. The molecule has 0 bridgehead atoms. The number of rotatable bonds is 5. The number of carboxylic acid groups (broad SMARTS) is 1. The summed E-state index contributed by atoms with van der Waals surface area (Å²) in [7, 11) is -2.88. The van der Waals surface area contributed by atoms with Gasteiger partial charge < -0.3 is 9.84 Å². The van der Waals surface area contributed by atoms with Crippen molar-refractivity contribution in [3.05, 3.63) is 59.7 Å². The molecule has 144 valence electrons. The molecule has 0 fully saturated rings. The van der Waals surface area contributed by atoms with E-state index >= 15 is 0 Å². The van der Waals surface area contributed by atoms with Crippen LogP contribution >= 0.6 is 0 Å². The normalized spacial score (nSPS) is 15.6. The topological polar surface area (TPSA) is 134 Å². The van der Waals surface area contributed by atoms with Crippen molar-refractivity contribution >= 4 is 39.5 Å². The molecule has 0 unspecified atom stereocenters. The van der Waals surface area contributed by atoms with E-state index < -0.39 is 27.7 Å². The average Bonchev–Trinajstić information content (AvgIpc) is 2.98. The molecule has 0 spiro atoms. The first-order chi connectivity index (χ1) is 13.2. The second-order valence-electron chi connectivity index (χ2n) is 5.67. The highest BCUT2D eigenvalue weighted by atomic mass is 32.2. The van der Waals surface area contributed by atoms with Gasteiger partial charge in [0.2, 0.25) is 0 Å². The summed E-state index contributed by atoms with van der Waals surface area (Å²) < 4.78 is 36.3. The first-order valence-electron chi connectivity index (χ1n) is 7.81. The number of aliphatic carboxylic acids is 1. The van der Waals surface area contributed by atoms with Crippen LogP contribution in [0.3, 0.4) is 0 Å². The van der Waals surface area contributed by atoms with Gasteiger partial charge in [-0.15, -0.1) is 0 Å². The second kappa shape index (κ2) is 7.25. The van der Waals surface area contributed by atoms with Gasteiger partial charge in [-0.05, 0) is 48.0 Å². The zero-order valence-electron chi connectivity index (χ0n) is 14.4. The Bertz CT molecular complexity index is 1100. The monoisotopic (exact) mass is 402 g/mol. The molecular formula is C18H14N2O7S. The molecule has 0 atom stereocenters. The van der Waals surface area contributed by atoms with E-state index in [-0.39, 0.29) is 16.2 Å². The summed E-state index contributed by atoms with van der Waals surface area (Å²) in [6.07, 6.45) is 1.39. The predicted molar refractivity (Wildman–Crippen MR) is 99.8 cm³/mol. The molecule has 2 aromatic carbocycles. The highest BCUT2D eigenvalue weighted by Gasteiger charge is 2.35. The van der Waals surface area contributed by atoms with E-state index in [1.165, 1.54) is 25.3 Å². The molecule has 10 heteroatoms. The molecule has 1 aliphatic rings. The van der Waals surface area contributed by atoms with E-state index in [1.54, 1.807) is 24.3 Å². The van der Waals surface area contributed by atoms with Crippen LogP contribution in [0.1, 0.15) is 5.56 Å². The number of hydrogen-bond donors (Lipinski definition) is 2. The Kier molecular flexibility index (Phi) is 4.99. The van der Waals surface area contributed by atoms with Crippen LogP contribution in [-0.4, -0.2) is 42.8 Å². The van der Waals surface area contributed by atoms with Crippen LogP contribution in [0.15, 0.2) is 64.1 Å². The van der Waals surface area contributed by atoms with E-state index in [2.05, 4.69) is 5.10 Å². The quantitative estimate of drug-likeness (QED) is 0.575. The van der Waals surface area contributed by atoms with Gasteiger partial charge in [0.05, 0.1) is 23.3 Å². The Balaban J connectivity index is 1.98. The molecule has 2 N–H and O–H groups in total. The molecule has 2 aromatic rings. The molecule has 0 aromatic heterocycles. The van der Waals surface area contributed by atoms with Crippen LogP contribution in [0.2, 0.25) is 0 Å². The van der Waals surface area contributed by atoms with E-state index in [0.717, 1.165) is 17.1 Å². The Labute approximate surface area is 159 Å². The summed E-state index contributed by atoms with van der Waals surface area (Å²) in [5, 5.41) is 14.1. The van der Waals surface area contributed by atoms with Gasteiger partial charge in [0.15, 0.2) is 5.71 Å². The van der Waals surface area contributed by atoms with Crippen molar-refractivity contribution in [3.8, 4) is 5.75 Å². The minimum Gasteiger partial charge on any atom is -0.497 e. The lowest BCUT2D eigenvalue weighted by atomic mass is 10.1. The molecule has 3 rings (SSSR count). The number of anilines is 1. The minimum atomic E-state index is -4.39. The van der Waals surface area contributed by atoms with Gasteiger partial charge in [0, 0.05) is 0 Å². The molecule has 28 heavy (non-hydrogen) atoms. The first kappa shape index (κ1) is 19.3. The van der Waals surface area contributed by atoms with Crippen molar-refractivity contribution in [2.45, 2.75) is 4.90 Å². The fraction of sp³-hybridized carbons (Fsp3) is 0.0556. The molecule has 0 aliphatic carbocycles. The largest absolute Gasteiger partial charge is 0.497 e. The number of carbonyl (C=O) groups excluding carboxylic acids is 1. The summed E-state index contributed by atoms with van der Waals surface area (Å²) in [5.41, 5.74) is 0.146. The predicted octanol–water partition coefficient (Wildman–Crippen LogP) is 1.81. The maximum Gasteiger partial charge on any atom is 0.357 e. The smallest absolute Gasteiger partial charge is 0.357 e. The van der Waals surface area contributed by atoms with E-state index in [1.807, 2.05) is 0 Å². The molecule has 1 aliphatic heterocycles. The summed E-state index contributed by atoms with van der Waals surface area (Å²) in [6.45, 7) is 0. The van der Waals surface area contributed by atoms with Crippen LogP contribution in [0.25, 0.3) is 6.08 Å². The lowest BCUT2D eigenvalue weighted by Gasteiger charge is -2.11. The van der Waals surface area contributed by atoms with Crippen LogP contribution in [0.4, 0.5) is 5.69 Å². The Morgan fingerprint density at radius 1 is 1.11 bits per heavy atom. The third-order valence-corrected chi connectivity index (χ3v) is 4.75. The summed E-state index contributed by atoms with van der Waals surface area (Å²) in [6, 6.07) is 11.3. The second-order valence-corrected chi connectivity index (χ2v) is 7.09. The first-order valence-corrected chi connectivity index (χ1v) is 9.25. The minimum absolute atomic E-state index is 0.128. The zero-order valence-corrected chi connectivity index (χ0v) is 15.3. The lowest BCUT2D eigenvalue weighted by molar-refractivity contribution is -0.129. The van der Waals surface area contributed by atoms with Crippen LogP contribution in [-0.2, 0) is 19.7 Å². The maximum atomic E-state index is 12.7. The Hall–Kier alpha value is -3.50. The number of nitrogens with zero attached hydrogens (tertiary/aromatic N) is 2. The third-order valence-electron chi connectivity index (χ3n) is 3.89. The number of benzene rings is 2. The van der Waals surface area contributed by atoms with Crippen molar-refractivity contribution < 1.29 is 32.4 Å². The fourth-order valence-electron chi connectivity index (χ4n) is 2.50. The molecule has 1 heterocycles. The van der Waals surface area contributed by atoms with Crippen LogP contribution < -0.4 is 9.75 Å². The van der Waals surface area contributed by atoms with Gasteiger partial charge in [0.25, 0.3) is 16.0 Å². The standard InChI is InChI=1S/C18H14N2O7S/c1-27-13-6-2-11(3-7-13)10-15-16(18(22)23)19-20(17(15)21)12-4-8-14(9-5-12)28(24,25)26/h2-10H,1H3,(H,22,23)(H,24,25,26). The number of amides is 1. The SMILES string of the molecule is COc1ccc(C=C2C(=O)N(c3ccc(S(=O)(=O)O)cc3)N=C2C(=O)O)cc1. The number of hydrogen-bond acceptors (Lipinski definition) is 6. The summed E-state index contributed by atoms with van der Waals surface area (Å²) in [5.74, 6) is -1.47. The van der Waals surface area contributed by atoms with Gasteiger partial charge in [-0.2, -0.15) is 18.5 Å². The third kappa shape index (κ3) is 3.77. The average molecular weight is 402 g/mol. The Morgan fingerprint density at radius 2 is 1.71 bits per heavy atom. The zero-order chi connectivity index (χ0) is 20.5. The number of ether oxygens (including phenoxy) is 1. The van der Waals surface area contributed by atoms with Gasteiger partial charge in [-0.25, -0.2) is 4.79 Å². The van der Waals surface area contributed by atoms with E-state index in [9.17, 15) is 23.1 Å². The van der Waals surface area contributed by atoms with E-state index in [0.29, 0.717) is 11.3 Å². The highest BCUT2D eigenvalue weighted by Crippen LogP contribution is 2.26. The number of methoxy groups -OCH3 is 1. The Morgan fingerprint density at radius 3 is 2.21 bits per heavy atom. The molecule has 1 amide bonds. The summed E-state index contributed by atoms with van der Waals surface area (Å²) in [4.78, 5) is 23.9. The maximum absolute atomic E-state index is 12.7.